The van der Waals surface area contributed by atoms with Gasteiger partial charge in [-0.25, -0.2) is 0 Å². The number of likely N-dealkylation sites (tertiary alicyclic amines) is 1. The number of nitrogens with one attached hydrogen (secondary N) is 2. The Morgan fingerprint density at radius 3 is 2.60 bits per heavy atom. The molecule has 0 spiro atoms. The molecule has 1 aliphatic heterocycles. The molecule has 2 fully saturated rings. The van der Waals surface area contributed by atoms with Crippen LogP contribution < -0.4 is 10.6 Å². The van der Waals surface area contributed by atoms with E-state index in [4.69, 9.17) is 4.74 Å². The van der Waals surface area contributed by atoms with Crippen molar-refractivity contribution in [2.24, 2.45) is 0 Å². The second-order valence-corrected chi connectivity index (χ2v) is 10.8. The topological polar surface area (TPSA) is 104 Å². The number of ether oxygens (including phenoxy) is 1. The van der Waals surface area contributed by atoms with E-state index in [1.54, 1.807) is 6.20 Å². The first kappa shape index (κ1) is 30.0. The standard InChI is InChI=1S/C29H37F3N4O4/c1-3-13-40-24-18-36(22-7-10-28(39,11-8-22)25-14-19(2)9-12-33-25)17-23(24)35-26(37)16-34-27(38)20-5-4-6-21(15-20)29(30,31)32/h4-6,9,12,14-15,22-24,39H,3,7-8,10-11,13,16-18H2,1-2H3,(H,34,38)(H,35,37)/t22?,23-,24-,28?/m0/s1. The molecule has 1 aliphatic carbocycles. The molecular formula is C29H37F3N4O4. The van der Waals surface area contributed by atoms with Crippen LogP contribution in [-0.4, -0.2) is 71.2 Å². The van der Waals surface area contributed by atoms with Crippen LogP contribution in [0.4, 0.5) is 13.2 Å². The molecule has 1 saturated carbocycles. The van der Waals surface area contributed by atoms with Gasteiger partial charge in [0.15, 0.2) is 0 Å². The fourth-order valence-electron chi connectivity index (χ4n) is 5.53. The lowest BCUT2D eigenvalue weighted by Crippen LogP contribution is -2.48. The van der Waals surface area contributed by atoms with Crippen LogP contribution in [0.5, 0.6) is 0 Å². The van der Waals surface area contributed by atoms with E-state index in [1.807, 2.05) is 26.0 Å². The molecule has 3 N–H and O–H groups in total. The number of aryl methyl sites for hydroxylation is 1. The van der Waals surface area contributed by atoms with Crippen LogP contribution in [0.3, 0.4) is 0 Å². The van der Waals surface area contributed by atoms with Crippen molar-refractivity contribution in [3.63, 3.8) is 0 Å². The third-order valence-corrected chi connectivity index (χ3v) is 7.73. The Hall–Kier alpha value is -3.02. The van der Waals surface area contributed by atoms with Gasteiger partial charge in [-0.3, -0.25) is 19.5 Å². The van der Waals surface area contributed by atoms with Crippen molar-refractivity contribution in [3.8, 4) is 0 Å². The number of amides is 2. The molecule has 0 radical (unpaired) electrons. The first-order chi connectivity index (χ1) is 19.0. The normalized spacial score (nSPS) is 25.5. The number of halogens is 3. The molecule has 8 nitrogen and oxygen atoms in total. The highest BCUT2D eigenvalue weighted by molar-refractivity contribution is 5.96. The summed E-state index contributed by atoms with van der Waals surface area (Å²) in [4.78, 5) is 31.8. The number of carbonyl (C=O) groups excluding carboxylic acids is 2. The average Bonchev–Trinajstić information content (AvgIpc) is 3.32. The van der Waals surface area contributed by atoms with E-state index in [-0.39, 0.29) is 30.3 Å². The molecule has 40 heavy (non-hydrogen) atoms. The van der Waals surface area contributed by atoms with Gasteiger partial charge in [0.25, 0.3) is 5.91 Å². The monoisotopic (exact) mass is 562 g/mol. The Labute approximate surface area is 232 Å². The van der Waals surface area contributed by atoms with E-state index in [9.17, 15) is 27.9 Å². The third-order valence-electron chi connectivity index (χ3n) is 7.73. The minimum atomic E-state index is -4.57. The molecule has 1 saturated heterocycles. The van der Waals surface area contributed by atoms with Crippen molar-refractivity contribution >= 4 is 11.8 Å². The molecule has 2 aliphatic rings. The molecule has 1 aromatic heterocycles. The zero-order valence-corrected chi connectivity index (χ0v) is 22.8. The van der Waals surface area contributed by atoms with Gasteiger partial charge in [0, 0.05) is 37.5 Å². The van der Waals surface area contributed by atoms with Gasteiger partial charge in [-0.05, 0) is 74.9 Å². The first-order valence-corrected chi connectivity index (χ1v) is 13.7. The number of benzene rings is 1. The molecule has 11 heteroatoms. The molecule has 218 valence electrons. The second kappa shape index (κ2) is 12.7. The highest BCUT2D eigenvalue weighted by atomic mass is 19.4. The molecule has 1 aromatic carbocycles. The lowest BCUT2D eigenvalue weighted by molar-refractivity contribution is -0.137. The summed E-state index contributed by atoms with van der Waals surface area (Å²) in [6.45, 7) is 5.35. The van der Waals surface area contributed by atoms with Crippen LogP contribution >= 0.6 is 0 Å². The molecular weight excluding hydrogens is 525 g/mol. The molecule has 2 atom stereocenters. The maximum atomic E-state index is 13.0. The molecule has 2 amide bonds. The fraction of sp³-hybridized carbons (Fsp3) is 0.552. The second-order valence-electron chi connectivity index (χ2n) is 10.8. The molecule has 0 unspecified atom stereocenters. The minimum Gasteiger partial charge on any atom is -0.384 e. The number of alkyl halides is 3. The Morgan fingerprint density at radius 1 is 1.18 bits per heavy atom. The van der Waals surface area contributed by atoms with Gasteiger partial charge in [-0.1, -0.05) is 13.0 Å². The van der Waals surface area contributed by atoms with Gasteiger partial charge in [0.2, 0.25) is 5.91 Å². The Bertz CT molecular complexity index is 1180. The van der Waals surface area contributed by atoms with Crippen molar-refractivity contribution in [2.45, 2.75) is 75.9 Å². The van der Waals surface area contributed by atoms with E-state index in [1.165, 1.54) is 6.07 Å². The van der Waals surface area contributed by atoms with Gasteiger partial charge >= 0.3 is 6.18 Å². The summed E-state index contributed by atoms with van der Waals surface area (Å²) in [5.74, 6) is -1.20. The van der Waals surface area contributed by atoms with Crippen molar-refractivity contribution < 1.29 is 32.6 Å². The number of hydrogen-bond donors (Lipinski definition) is 3. The number of aromatic nitrogens is 1. The van der Waals surface area contributed by atoms with Gasteiger partial charge in [-0.2, -0.15) is 13.2 Å². The lowest BCUT2D eigenvalue weighted by atomic mass is 9.79. The highest BCUT2D eigenvalue weighted by Gasteiger charge is 2.42. The first-order valence-electron chi connectivity index (χ1n) is 13.7. The number of pyridine rings is 1. The predicted octanol–water partition coefficient (Wildman–Crippen LogP) is 3.56. The molecule has 2 heterocycles. The Balaban J connectivity index is 1.32. The van der Waals surface area contributed by atoms with Gasteiger partial charge in [-0.15, -0.1) is 0 Å². The van der Waals surface area contributed by atoms with Gasteiger partial charge in [0.05, 0.1) is 29.9 Å². The number of aliphatic hydroxyl groups is 1. The summed E-state index contributed by atoms with van der Waals surface area (Å²) in [6.07, 6.45) is 0.477. The van der Waals surface area contributed by atoms with Crippen molar-refractivity contribution in [1.29, 1.82) is 0 Å². The fourth-order valence-corrected chi connectivity index (χ4v) is 5.53. The molecule has 0 bridgehead atoms. The van der Waals surface area contributed by atoms with E-state index >= 15 is 0 Å². The Morgan fingerprint density at radius 2 is 1.93 bits per heavy atom. The van der Waals surface area contributed by atoms with E-state index in [0.29, 0.717) is 38.2 Å². The average molecular weight is 563 g/mol. The largest absolute Gasteiger partial charge is 0.416 e. The summed E-state index contributed by atoms with van der Waals surface area (Å²) in [6, 6.07) is 7.84. The summed E-state index contributed by atoms with van der Waals surface area (Å²) in [5, 5.41) is 16.6. The SMILES string of the molecule is CCCO[C@H]1CN(C2CCC(O)(c3cc(C)ccn3)CC2)C[C@@H]1NC(=O)CNC(=O)c1cccc(C(F)(F)F)c1. The van der Waals surface area contributed by atoms with Crippen LogP contribution in [0, 0.1) is 6.92 Å². The maximum absolute atomic E-state index is 13.0. The van der Waals surface area contributed by atoms with Crippen molar-refractivity contribution in [1.82, 2.24) is 20.5 Å². The number of hydrogen-bond acceptors (Lipinski definition) is 6. The van der Waals surface area contributed by atoms with Crippen LogP contribution in [-0.2, 0) is 21.3 Å². The van der Waals surface area contributed by atoms with E-state index in [2.05, 4.69) is 20.5 Å². The van der Waals surface area contributed by atoms with Gasteiger partial charge in [0.1, 0.15) is 5.60 Å². The smallest absolute Gasteiger partial charge is 0.384 e. The maximum Gasteiger partial charge on any atom is 0.416 e. The zero-order chi connectivity index (χ0) is 28.9. The summed E-state index contributed by atoms with van der Waals surface area (Å²) in [7, 11) is 0. The van der Waals surface area contributed by atoms with E-state index in [0.717, 1.165) is 43.0 Å². The Kier molecular flexibility index (Phi) is 9.48. The number of carbonyl (C=O) groups is 2. The summed E-state index contributed by atoms with van der Waals surface area (Å²) >= 11 is 0. The summed E-state index contributed by atoms with van der Waals surface area (Å²) in [5.41, 5.74) is -0.291. The number of rotatable bonds is 9. The van der Waals surface area contributed by atoms with Crippen LogP contribution in [0.2, 0.25) is 0 Å². The molecule has 4 rings (SSSR count). The third kappa shape index (κ3) is 7.38. The van der Waals surface area contributed by atoms with Crippen LogP contribution in [0.15, 0.2) is 42.6 Å². The zero-order valence-electron chi connectivity index (χ0n) is 22.8. The van der Waals surface area contributed by atoms with Gasteiger partial charge < -0.3 is 20.5 Å². The predicted molar refractivity (Wildman–Crippen MR) is 142 cm³/mol. The van der Waals surface area contributed by atoms with Crippen molar-refractivity contribution in [2.75, 3.05) is 26.2 Å². The highest BCUT2D eigenvalue weighted by Crippen LogP contribution is 2.39. The molecule has 2 aromatic rings. The van der Waals surface area contributed by atoms with Crippen molar-refractivity contribution in [3.05, 3.63) is 65.0 Å². The summed E-state index contributed by atoms with van der Waals surface area (Å²) < 4.78 is 44.9. The van der Waals surface area contributed by atoms with Crippen LogP contribution in [0.25, 0.3) is 0 Å². The number of nitrogens with zero attached hydrogens (tertiary/aromatic N) is 2. The van der Waals surface area contributed by atoms with Crippen LogP contribution in [0.1, 0.15) is 66.2 Å². The lowest BCUT2D eigenvalue weighted by Gasteiger charge is -2.39. The minimum absolute atomic E-state index is 0.169. The quantitative estimate of drug-likeness (QED) is 0.432. The van der Waals surface area contributed by atoms with E-state index < -0.39 is 29.2 Å².